The quantitative estimate of drug-likeness (QED) is 0.770. The van der Waals surface area contributed by atoms with E-state index in [0.717, 1.165) is 23.9 Å². The zero-order chi connectivity index (χ0) is 11.9. The number of rotatable bonds is 4. The van der Waals surface area contributed by atoms with Crippen LogP contribution in [-0.4, -0.2) is 34.6 Å². The summed E-state index contributed by atoms with van der Waals surface area (Å²) in [6.45, 7) is 1.90. The zero-order valence-electron chi connectivity index (χ0n) is 9.97. The molecule has 0 atom stereocenters. The van der Waals surface area contributed by atoms with E-state index >= 15 is 0 Å². The molecule has 0 spiro atoms. The third kappa shape index (κ3) is 4.04. The Balaban J connectivity index is 1.69. The summed E-state index contributed by atoms with van der Waals surface area (Å²) in [5.74, 6) is 1.12. The first kappa shape index (κ1) is 12.4. The van der Waals surface area contributed by atoms with E-state index in [-0.39, 0.29) is 0 Å². The van der Waals surface area contributed by atoms with Crippen LogP contribution >= 0.6 is 11.8 Å². The Labute approximate surface area is 107 Å². The van der Waals surface area contributed by atoms with E-state index in [4.69, 9.17) is 0 Å². The lowest BCUT2D eigenvalue weighted by molar-refractivity contribution is -0.131. The molecule has 1 fully saturated rings. The third-order valence-electron chi connectivity index (χ3n) is 2.91. The normalized spacial score (nSPS) is 15.9. The summed E-state index contributed by atoms with van der Waals surface area (Å²) < 4.78 is 0. The first-order valence-corrected chi connectivity index (χ1v) is 7.16. The molecule has 1 saturated heterocycles. The van der Waals surface area contributed by atoms with Gasteiger partial charge in [0.15, 0.2) is 0 Å². The largest absolute Gasteiger partial charge is 0.343 e. The molecule has 2 heterocycles. The number of carbonyl (C=O) groups excluding carboxylic acids is 1. The molecule has 0 bridgehead atoms. The number of thioether (sulfide) groups is 1. The monoisotopic (exact) mass is 250 g/mol. The van der Waals surface area contributed by atoms with Crippen LogP contribution in [0, 0.1) is 0 Å². The van der Waals surface area contributed by atoms with Gasteiger partial charge >= 0.3 is 0 Å². The van der Waals surface area contributed by atoms with Gasteiger partial charge in [0, 0.05) is 31.5 Å². The molecule has 1 aliphatic heterocycles. The van der Waals surface area contributed by atoms with Crippen molar-refractivity contribution < 1.29 is 4.79 Å². The van der Waals surface area contributed by atoms with Crippen LogP contribution in [0.5, 0.6) is 0 Å². The first-order valence-electron chi connectivity index (χ1n) is 6.18. The average molecular weight is 250 g/mol. The number of carbonyl (C=O) groups is 1. The molecule has 0 saturated carbocycles. The van der Waals surface area contributed by atoms with Gasteiger partial charge in [0.2, 0.25) is 5.91 Å². The number of aromatic nitrogens is 1. The van der Waals surface area contributed by atoms with E-state index < -0.39 is 0 Å². The average Bonchev–Trinajstić information content (AvgIpc) is 2.41. The molecule has 1 aromatic rings. The van der Waals surface area contributed by atoms with Crippen molar-refractivity contribution in [2.75, 3.05) is 18.8 Å². The van der Waals surface area contributed by atoms with Crippen molar-refractivity contribution in [1.82, 2.24) is 9.88 Å². The number of piperidine rings is 1. The fourth-order valence-corrected chi connectivity index (χ4v) is 2.77. The van der Waals surface area contributed by atoms with Crippen LogP contribution in [0.1, 0.15) is 25.7 Å². The summed E-state index contributed by atoms with van der Waals surface area (Å²) in [4.78, 5) is 18.1. The summed E-state index contributed by atoms with van der Waals surface area (Å²) in [6.07, 6.45) is 6.01. The van der Waals surface area contributed by atoms with Gasteiger partial charge in [0.25, 0.3) is 0 Å². The highest BCUT2D eigenvalue weighted by atomic mass is 32.2. The maximum absolute atomic E-state index is 11.9. The van der Waals surface area contributed by atoms with Gasteiger partial charge in [-0.05, 0) is 31.4 Å². The van der Waals surface area contributed by atoms with Crippen molar-refractivity contribution in [3.05, 3.63) is 24.4 Å². The van der Waals surface area contributed by atoms with Crippen LogP contribution in [0.15, 0.2) is 29.4 Å². The number of amides is 1. The Bertz CT molecular complexity index is 350. The van der Waals surface area contributed by atoms with Gasteiger partial charge in [-0.1, -0.05) is 6.07 Å². The maximum Gasteiger partial charge on any atom is 0.223 e. The lowest BCUT2D eigenvalue weighted by Gasteiger charge is -2.26. The molecule has 0 unspecified atom stereocenters. The van der Waals surface area contributed by atoms with Gasteiger partial charge in [-0.25, -0.2) is 4.98 Å². The van der Waals surface area contributed by atoms with E-state index in [0.29, 0.717) is 12.3 Å². The summed E-state index contributed by atoms with van der Waals surface area (Å²) in [5.41, 5.74) is 0. The molecule has 17 heavy (non-hydrogen) atoms. The summed E-state index contributed by atoms with van der Waals surface area (Å²) >= 11 is 1.65. The molecule has 3 nitrogen and oxygen atoms in total. The van der Waals surface area contributed by atoms with Gasteiger partial charge < -0.3 is 4.90 Å². The minimum Gasteiger partial charge on any atom is -0.343 e. The molecular formula is C13H18N2OS. The first-order chi connectivity index (χ1) is 8.36. The summed E-state index contributed by atoms with van der Waals surface area (Å²) in [6, 6.07) is 5.86. The SMILES string of the molecule is O=C(CCSc1ccccn1)N1CCCCC1. The molecule has 92 valence electrons. The second kappa shape index (κ2) is 6.64. The van der Waals surface area contributed by atoms with Crippen molar-refractivity contribution in [3.63, 3.8) is 0 Å². The molecule has 0 aromatic carbocycles. The van der Waals surface area contributed by atoms with Gasteiger partial charge in [-0.15, -0.1) is 11.8 Å². The second-order valence-corrected chi connectivity index (χ2v) is 5.32. The highest BCUT2D eigenvalue weighted by Crippen LogP contribution is 2.16. The van der Waals surface area contributed by atoms with Crippen LogP contribution in [0.2, 0.25) is 0 Å². The molecular weight excluding hydrogens is 232 g/mol. The number of pyridine rings is 1. The smallest absolute Gasteiger partial charge is 0.223 e. The van der Waals surface area contributed by atoms with E-state index in [1.54, 1.807) is 18.0 Å². The predicted octanol–water partition coefficient (Wildman–Crippen LogP) is 2.58. The number of hydrogen-bond acceptors (Lipinski definition) is 3. The molecule has 2 rings (SSSR count). The van der Waals surface area contributed by atoms with E-state index in [1.807, 2.05) is 23.1 Å². The van der Waals surface area contributed by atoms with E-state index in [9.17, 15) is 4.79 Å². The summed E-state index contributed by atoms with van der Waals surface area (Å²) in [7, 11) is 0. The molecule has 1 aromatic heterocycles. The van der Waals surface area contributed by atoms with Gasteiger partial charge in [0.05, 0.1) is 5.03 Å². The van der Waals surface area contributed by atoms with Crippen LogP contribution in [0.3, 0.4) is 0 Å². The van der Waals surface area contributed by atoms with Crippen LogP contribution in [0.25, 0.3) is 0 Å². The van der Waals surface area contributed by atoms with Crippen LogP contribution < -0.4 is 0 Å². The van der Waals surface area contributed by atoms with Gasteiger partial charge in [0.1, 0.15) is 0 Å². The van der Waals surface area contributed by atoms with Gasteiger partial charge in [-0.2, -0.15) is 0 Å². The standard InChI is InChI=1S/C13H18N2OS/c16-13(15-9-4-1-5-10-15)7-11-17-12-6-2-3-8-14-12/h2-3,6,8H,1,4-5,7,9-11H2. The highest BCUT2D eigenvalue weighted by Gasteiger charge is 2.15. The third-order valence-corrected chi connectivity index (χ3v) is 3.86. The van der Waals surface area contributed by atoms with Crippen molar-refractivity contribution in [3.8, 4) is 0 Å². The fraction of sp³-hybridized carbons (Fsp3) is 0.538. The Morgan fingerprint density at radius 1 is 1.29 bits per heavy atom. The molecule has 1 aliphatic rings. The minimum absolute atomic E-state index is 0.299. The van der Waals surface area contributed by atoms with Crippen LogP contribution in [0.4, 0.5) is 0 Å². The van der Waals surface area contributed by atoms with Crippen molar-refractivity contribution in [2.24, 2.45) is 0 Å². The number of nitrogens with zero attached hydrogens (tertiary/aromatic N) is 2. The maximum atomic E-state index is 11.9. The van der Waals surface area contributed by atoms with E-state index in [2.05, 4.69) is 4.98 Å². The number of likely N-dealkylation sites (tertiary alicyclic amines) is 1. The zero-order valence-corrected chi connectivity index (χ0v) is 10.8. The van der Waals surface area contributed by atoms with Crippen LogP contribution in [-0.2, 0) is 4.79 Å². The number of hydrogen-bond donors (Lipinski definition) is 0. The van der Waals surface area contributed by atoms with Crippen molar-refractivity contribution in [1.29, 1.82) is 0 Å². The summed E-state index contributed by atoms with van der Waals surface area (Å²) in [5, 5.41) is 0.999. The second-order valence-electron chi connectivity index (χ2n) is 4.21. The molecule has 0 radical (unpaired) electrons. The lowest BCUT2D eigenvalue weighted by atomic mass is 10.1. The van der Waals surface area contributed by atoms with E-state index in [1.165, 1.54) is 19.3 Å². The fourth-order valence-electron chi connectivity index (χ4n) is 1.98. The molecule has 1 amide bonds. The van der Waals surface area contributed by atoms with Crippen molar-refractivity contribution >= 4 is 17.7 Å². The minimum atomic E-state index is 0.299. The highest BCUT2D eigenvalue weighted by molar-refractivity contribution is 7.99. The Kier molecular flexibility index (Phi) is 4.86. The van der Waals surface area contributed by atoms with Crippen molar-refractivity contribution in [2.45, 2.75) is 30.7 Å². The van der Waals surface area contributed by atoms with Gasteiger partial charge in [-0.3, -0.25) is 4.79 Å². The lowest BCUT2D eigenvalue weighted by Crippen LogP contribution is -2.35. The Morgan fingerprint density at radius 2 is 2.12 bits per heavy atom. The topological polar surface area (TPSA) is 33.2 Å². The molecule has 4 heteroatoms. The predicted molar refractivity (Wildman–Crippen MR) is 70.0 cm³/mol. The molecule has 0 aliphatic carbocycles. The Morgan fingerprint density at radius 3 is 2.82 bits per heavy atom. The molecule has 0 N–H and O–H groups in total. The Hall–Kier alpha value is -1.03.